The molecule has 0 bridgehead atoms. The van der Waals surface area contributed by atoms with Crippen LogP contribution in [0.4, 0.5) is 0 Å². The van der Waals surface area contributed by atoms with E-state index in [0.717, 1.165) is 25.7 Å². The van der Waals surface area contributed by atoms with E-state index in [4.69, 9.17) is 9.47 Å². The predicted octanol–water partition coefficient (Wildman–Crippen LogP) is 3.05. The number of hydrogen-bond acceptors (Lipinski definition) is 8. The number of ether oxygens (including phenoxy) is 2. The molecule has 2 amide bonds. The summed E-state index contributed by atoms with van der Waals surface area (Å²) in [4.78, 5) is 53.6. The van der Waals surface area contributed by atoms with Crippen molar-refractivity contribution in [2.24, 2.45) is 4.99 Å². The molecule has 35 heavy (non-hydrogen) atoms. The van der Waals surface area contributed by atoms with Crippen molar-refractivity contribution in [3.05, 3.63) is 28.6 Å². The molecule has 11 heteroatoms. The van der Waals surface area contributed by atoms with Crippen LogP contribution >= 0.6 is 23.1 Å². The van der Waals surface area contributed by atoms with Crippen LogP contribution in [0.3, 0.4) is 0 Å². The van der Waals surface area contributed by atoms with Gasteiger partial charge in [-0.3, -0.25) is 14.4 Å². The number of benzene rings is 1. The van der Waals surface area contributed by atoms with Gasteiger partial charge in [-0.05, 0) is 44.9 Å². The van der Waals surface area contributed by atoms with Gasteiger partial charge in [-0.15, -0.1) is 11.8 Å². The van der Waals surface area contributed by atoms with Crippen molar-refractivity contribution in [2.75, 3.05) is 24.7 Å². The Balaban J connectivity index is 1.73. The Morgan fingerprint density at radius 2 is 1.83 bits per heavy atom. The number of amides is 2. The normalized spacial score (nSPS) is 14.6. The average Bonchev–Trinajstić information content (AvgIpc) is 3.15. The summed E-state index contributed by atoms with van der Waals surface area (Å²) in [5.41, 5.74) is 1.03. The number of thioether (sulfide) groups is 1. The van der Waals surface area contributed by atoms with E-state index in [1.165, 1.54) is 29.5 Å². The lowest BCUT2D eigenvalue weighted by atomic mass is 9.95. The number of nitrogens with one attached hydrogen (secondary N) is 1. The van der Waals surface area contributed by atoms with E-state index < -0.39 is 17.8 Å². The Labute approximate surface area is 212 Å². The van der Waals surface area contributed by atoms with Crippen molar-refractivity contribution in [1.82, 2.24) is 9.88 Å². The maximum atomic E-state index is 12.6. The van der Waals surface area contributed by atoms with Crippen molar-refractivity contribution in [3.63, 3.8) is 0 Å². The van der Waals surface area contributed by atoms with E-state index in [9.17, 15) is 19.2 Å². The average molecular weight is 522 g/mol. The molecule has 1 aliphatic rings. The number of esters is 2. The van der Waals surface area contributed by atoms with Crippen LogP contribution in [0.1, 0.15) is 56.3 Å². The van der Waals surface area contributed by atoms with E-state index in [2.05, 4.69) is 10.3 Å². The molecule has 3 rings (SSSR count). The summed E-state index contributed by atoms with van der Waals surface area (Å²) in [6.45, 7) is 3.83. The van der Waals surface area contributed by atoms with Crippen LogP contribution in [0.15, 0.2) is 23.2 Å². The fraction of sp³-hybridized carbons (Fsp3) is 0.542. The molecule has 0 radical (unpaired) electrons. The van der Waals surface area contributed by atoms with Gasteiger partial charge >= 0.3 is 11.9 Å². The molecule has 0 unspecified atom stereocenters. The van der Waals surface area contributed by atoms with E-state index in [1.54, 1.807) is 36.6 Å². The highest BCUT2D eigenvalue weighted by atomic mass is 32.2. The molecule has 1 N–H and O–H groups in total. The van der Waals surface area contributed by atoms with Gasteiger partial charge in [-0.25, -0.2) is 4.79 Å². The van der Waals surface area contributed by atoms with Gasteiger partial charge in [0.05, 0.1) is 40.5 Å². The highest BCUT2D eigenvalue weighted by Gasteiger charge is 2.17. The molecule has 2 aromatic rings. The molecule has 1 aromatic carbocycles. The van der Waals surface area contributed by atoms with Gasteiger partial charge in [0, 0.05) is 6.04 Å². The highest BCUT2D eigenvalue weighted by molar-refractivity contribution is 8.00. The van der Waals surface area contributed by atoms with Crippen LogP contribution in [-0.4, -0.2) is 59.1 Å². The number of thiazole rings is 1. The molecular formula is C24H31N3O6S2. The third-order valence-corrected chi connectivity index (χ3v) is 7.39. The molecule has 0 spiro atoms. The minimum atomic E-state index is -0.454. The molecule has 1 aromatic heterocycles. The molecule has 1 saturated carbocycles. The Hall–Kier alpha value is -2.66. The van der Waals surface area contributed by atoms with Gasteiger partial charge in [0.25, 0.3) is 5.91 Å². The number of fused-ring (bicyclic) bond motifs is 1. The van der Waals surface area contributed by atoms with Gasteiger partial charge in [-0.1, -0.05) is 30.6 Å². The first-order valence-corrected chi connectivity index (χ1v) is 13.8. The summed E-state index contributed by atoms with van der Waals surface area (Å²) in [7, 11) is 0. The number of nitrogens with zero attached hydrogens (tertiary/aromatic N) is 2. The lowest BCUT2D eigenvalue weighted by molar-refractivity contribution is -0.143. The maximum absolute atomic E-state index is 12.6. The minimum Gasteiger partial charge on any atom is -0.465 e. The van der Waals surface area contributed by atoms with Crippen LogP contribution in [0, 0.1) is 0 Å². The van der Waals surface area contributed by atoms with Crippen molar-refractivity contribution in [2.45, 2.75) is 58.5 Å². The van der Waals surface area contributed by atoms with E-state index in [1.807, 2.05) is 0 Å². The fourth-order valence-corrected chi connectivity index (χ4v) is 5.57. The summed E-state index contributed by atoms with van der Waals surface area (Å²) >= 11 is 2.41. The molecule has 0 aliphatic heterocycles. The van der Waals surface area contributed by atoms with Crippen LogP contribution in [0.5, 0.6) is 0 Å². The zero-order valence-corrected chi connectivity index (χ0v) is 21.7. The third-order valence-electron chi connectivity index (χ3n) is 5.44. The molecular weight excluding hydrogens is 490 g/mol. The lowest BCUT2D eigenvalue weighted by Gasteiger charge is -2.22. The predicted molar refractivity (Wildman–Crippen MR) is 135 cm³/mol. The summed E-state index contributed by atoms with van der Waals surface area (Å²) in [6.07, 6.45) is 5.51. The molecule has 9 nitrogen and oxygen atoms in total. The second-order valence-electron chi connectivity index (χ2n) is 8.08. The molecule has 190 valence electrons. The van der Waals surface area contributed by atoms with Gasteiger partial charge in [0.1, 0.15) is 6.54 Å². The van der Waals surface area contributed by atoms with Crippen molar-refractivity contribution in [3.8, 4) is 0 Å². The van der Waals surface area contributed by atoms with Crippen LogP contribution in [-0.2, 0) is 30.4 Å². The smallest absolute Gasteiger partial charge is 0.338 e. The van der Waals surface area contributed by atoms with Crippen molar-refractivity contribution < 1.29 is 28.7 Å². The van der Waals surface area contributed by atoms with Gasteiger partial charge in [0.2, 0.25) is 5.91 Å². The highest BCUT2D eigenvalue weighted by Crippen LogP contribution is 2.20. The monoisotopic (exact) mass is 521 g/mol. The van der Waals surface area contributed by atoms with Crippen LogP contribution in [0.25, 0.3) is 10.2 Å². The number of carbonyl (C=O) groups excluding carboxylic acids is 4. The second-order valence-corrected chi connectivity index (χ2v) is 10.1. The van der Waals surface area contributed by atoms with Gasteiger partial charge < -0.3 is 19.4 Å². The van der Waals surface area contributed by atoms with E-state index in [-0.39, 0.29) is 43.2 Å². The van der Waals surface area contributed by atoms with Gasteiger partial charge in [0.15, 0.2) is 4.80 Å². The standard InChI is InChI=1S/C24H31N3O6S2/c1-3-32-22(30)13-27-18-11-10-16(23(31)33-4-2)12-19(18)35-24(27)26-21(29)15-34-14-20(28)25-17-8-6-5-7-9-17/h10-12,17H,3-9,13-15H2,1-2H3,(H,25,28). The Morgan fingerprint density at radius 1 is 1.09 bits per heavy atom. The Bertz CT molecular complexity index is 1130. The molecule has 1 heterocycles. The first-order chi connectivity index (χ1) is 16.9. The molecule has 0 saturated heterocycles. The minimum absolute atomic E-state index is 0.0415. The number of rotatable bonds is 10. The zero-order valence-electron chi connectivity index (χ0n) is 20.0. The van der Waals surface area contributed by atoms with Crippen LogP contribution < -0.4 is 10.1 Å². The second kappa shape index (κ2) is 13.4. The van der Waals surface area contributed by atoms with E-state index in [0.29, 0.717) is 20.6 Å². The number of hydrogen-bond donors (Lipinski definition) is 1. The van der Waals surface area contributed by atoms with Gasteiger partial charge in [-0.2, -0.15) is 4.99 Å². The quantitative estimate of drug-likeness (QED) is 0.478. The Kier molecular flexibility index (Phi) is 10.3. The molecule has 1 fully saturated rings. The summed E-state index contributed by atoms with van der Waals surface area (Å²) < 4.78 is 12.4. The first-order valence-electron chi connectivity index (χ1n) is 11.8. The fourth-order valence-electron chi connectivity index (χ4n) is 3.87. The van der Waals surface area contributed by atoms with E-state index >= 15 is 0 Å². The molecule has 0 atom stereocenters. The first kappa shape index (κ1) is 26.9. The topological polar surface area (TPSA) is 116 Å². The summed E-state index contributed by atoms with van der Waals surface area (Å²) in [6, 6.07) is 5.21. The maximum Gasteiger partial charge on any atom is 0.338 e. The molecule has 1 aliphatic carbocycles. The SMILES string of the molecule is CCOC(=O)Cn1c(=NC(=O)CSCC(=O)NC2CCCCC2)sc2cc(C(=O)OCC)ccc21. The van der Waals surface area contributed by atoms with Crippen molar-refractivity contribution in [1.29, 1.82) is 0 Å². The van der Waals surface area contributed by atoms with Crippen LogP contribution in [0.2, 0.25) is 0 Å². The largest absolute Gasteiger partial charge is 0.465 e. The third kappa shape index (κ3) is 7.93. The summed E-state index contributed by atoms with van der Waals surface area (Å²) in [5, 5.41) is 3.03. The van der Waals surface area contributed by atoms with Crippen molar-refractivity contribution >= 4 is 57.1 Å². The lowest BCUT2D eigenvalue weighted by Crippen LogP contribution is -2.37. The summed E-state index contributed by atoms with van der Waals surface area (Å²) in [5.74, 6) is -1.15. The number of aromatic nitrogens is 1. The zero-order chi connectivity index (χ0) is 25.2. The number of carbonyl (C=O) groups is 4. The Morgan fingerprint density at radius 3 is 2.54 bits per heavy atom.